The number of hydrogen-bond donors (Lipinski definition) is 3. The topological polar surface area (TPSA) is 162 Å². The Kier molecular flexibility index (Phi) is 13.0. The molecule has 286 valence electrons. The summed E-state index contributed by atoms with van der Waals surface area (Å²) in [6.45, 7) is 11.9. The first-order valence-electron chi connectivity index (χ1n) is 18.5. The van der Waals surface area contributed by atoms with Gasteiger partial charge in [-0.1, -0.05) is 96.5 Å². The average molecular weight is 730 g/mol. The molecule has 2 aliphatic rings. The predicted octanol–water partition coefficient (Wildman–Crippen LogP) is 4.95. The van der Waals surface area contributed by atoms with E-state index in [2.05, 4.69) is 29.8 Å². The molecule has 53 heavy (non-hydrogen) atoms. The van der Waals surface area contributed by atoms with Gasteiger partial charge in [-0.2, -0.15) is 0 Å². The van der Waals surface area contributed by atoms with Crippen molar-refractivity contribution in [3.8, 4) is 0 Å². The molecule has 5 amide bonds. The second-order valence-electron chi connectivity index (χ2n) is 16.2. The van der Waals surface area contributed by atoms with Crippen LogP contribution >= 0.6 is 0 Å². The van der Waals surface area contributed by atoms with Crippen LogP contribution < -0.4 is 16.0 Å². The van der Waals surface area contributed by atoms with Crippen molar-refractivity contribution in [2.24, 2.45) is 28.6 Å². The molecule has 1 aliphatic heterocycles. The van der Waals surface area contributed by atoms with Gasteiger partial charge in [-0.15, -0.1) is 0 Å². The van der Waals surface area contributed by atoms with Crippen LogP contribution in [0.5, 0.6) is 0 Å². The van der Waals surface area contributed by atoms with E-state index in [-0.39, 0.29) is 54.1 Å². The maximum absolute atomic E-state index is 14.3. The quantitative estimate of drug-likeness (QED) is 0.206. The fraction of sp³-hybridized carbons (Fsp3) is 0.537. The molecule has 0 radical (unpaired) electrons. The van der Waals surface area contributed by atoms with Crippen molar-refractivity contribution in [2.75, 3.05) is 26.0 Å². The largest absolute Gasteiger partial charge is 0.347 e. The SMILES string of the molecule is CCCC(CC(=O)[C@@H]1C2C(CN1C(=O)[C@@H](NC(=O)Nc1ccccc1)C(C)(C)C)C2(C)C)C(=O)C(=O)CCC(=O)N[C@H](C(=O)N(C)C)c1ccccc1. The maximum Gasteiger partial charge on any atom is 0.319 e. The second-order valence-corrected chi connectivity index (χ2v) is 16.2. The van der Waals surface area contributed by atoms with E-state index in [0.29, 0.717) is 30.6 Å². The van der Waals surface area contributed by atoms with Gasteiger partial charge in [-0.05, 0) is 46.8 Å². The lowest BCUT2D eigenvalue weighted by molar-refractivity contribution is -0.144. The number of carbonyl (C=O) groups excluding carboxylic acids is 7. The van der Waals surface area contributed by atoms with Gasteiger partial charge in [0, 0.05) is 51.5 Å². The van der Waals surface area contributed by atoms with Crippen molar-refractivity contribution in [3.05, 3.63) is 66.2 Å². The van der Waals surface area contributed by atoms with Crippen LogP contribution in [0.2, 0.25) is 0 Å². The zero-order valence-electron chi connectivity index (χ0n) is 32.2. The van der Waals surface area contributed by atoms with E-state index in [1.54, 1.807) is 73.6 Å². The normalized spacial score (nSPS) is 20.2. The number of piperidine rings is 1. The summed E-state index contributed by atoms with van der Waals surface area (Å²) in [6.07, 6.45) is -0.0518. The van der Waals surface area contributed by atoms with Crippen molar-refractivity contribution in [2.45, 2.75) is 91.8 Å². The maximum atomic E-state index is 14.3. The van der Waals surface area contributed by atoms with Gasteiger partial charge < -0.3 is 25.8 Å². The smallest absolute Gasteiger partial charge is 0.319 e. The number of urea groups is 1. The van der Waals surface area contributed by atoms with Crippen LogP contribution in [0.25, 0.3) is 0 Å². The number of anilines is 1. The Morgan fingerprint density at radius 1 is 0.887 bits per heavy atom. The molecular formula is C41H55N5O7. The molecule has 3 N–H and O–H groups in total. The average Bonchev–Trinajstić information content (AvgIpc) is 3.41. The minimum absolute atomic E-state index is 0.0822. The molecule has 4 rings (SSSR count). The second kappa shape index (κ2) is 16.9. The van der Waals surface area contributed by atoms with Gasteiger partial charge in [0.2, 0.25) is 23.5 Å². The third kappa shape index (κ3) is 9.77. The number of rotatable bonds is 16. The number of likely N-dealkylation sites (tertiary alicyclic amines) is 1. The number of nitrogens with zero attached hydrogens (tertiary/aromatic N) is 2. The summed E-state index contributed by atoms with van der Waals surface area (Å²) in [6, 6.07) is 14.4. The Morgan fingerprint density at radius 2 is 1.49 bits per heavy atom. The summed E-state index contributed by atoms with van der Waals surface area (Å²) in [5, 5.41) is 8.29. The number of hydrogen-bond acceptors (Lipinski definition) is 7. The van der Waals surface area contributed by atoms with Crippen LogP contribution in [-0.4, -0.2) is 83.6 Å². The van der Waals surface area contributed by atoms with Gasteiger partial charge in [-0.25, -0.2) is 4.79 Å². The van der Waals surface area contributed by atoms with Gasteiger partial charge in [0.05, 0.1) is 6.04 Å². The summed E-state index contributed by atoms with van der Waals surface area (Å²) in [4.78, 5) is 97.0. The highest BCUT2D eigenvalue weighted by atomic mass is 16.2. The highest BCUT2D eigenvalue weighted by Crippen LogP contribution is 2.65. The van der Waals surface area contributed by atoms with Crippen molar-refractivity contribution < 1.29 is 33.6 Å². The van der Waals surface area contributed by atoms with E-state index in [4.69, 9.17) is 0 Å². The molecule has 12 nitrogen and oxygen atoms in total. The highest BCUT2D eigenvalue weighted by molar-refractivity contribution is 6.38. The molecule has 0 bridgehead atoms. The lowest BCUT2D eigenvalue weighted by Gasteiger charge is -2.38. The minimum Gasteiger partial charge on any atom is -0.347 e. The number of nitrogens with one attached hydrogen (secondary N) is 3. The summed E-state index contributed by atoms with van der Waals surface area (Å²) in [7, 11) is 3.16. The third-order valence-corrected chi connectivity index (χ3v) is 10.7. The molecule has 12 heteroatoms. The Hall–Kier alpha value is -4.87. The monoisotopic (exact) mass is 729 g/mol. The number of ketones is 3. The Bertz CT molecular complexity index is 1680. The van der Waals surface area contributed by atoms with Crippen LogP contribution in [0.1, 0.15) is 85.3 Å². The van der Waals surface area contributed by atoms with Crippen LogP contribution in [0.3, 0.4) is 0 Å². The molecule has 2 fully saturated rings. The zero-order valence-corrected chi connectivity index (χ0v) is 32.2. The molecule has 1 saturated heterocycles. The zero-order chi connectivity index (χ0) is 39.2. The lowest BCUT2D eigenvalue weighted by Crippen LogP contribution is -2.58. The van der Waals surface area contributed by atoms with Crippen LogP contribution in [0.4, 0.5) is 10.5 Å². The van der Waals surface area contributed by atoms with E-state index in [1.165, 1.54) is 4.90 Å². The first-order chi connectivity index (χ1) is 24.9. The molecule has 1 saturated carbocycles. The van der Waals surface area contributed by atoms with E-state index < -0.39 is 53.0 Å². The minimum atomic E-state index is -0.950. The van der Waals surface area contributed by atoms with Gasteiger partial charge in [0.1, 0.15) is 12.1 Å². The van der Waals surface area contributed by atoms with Gasteiger partial charge in [0.25, 0.3) is 0 Å². The van der Waals surface area contributed by atoms with Crippen LogP contribution in [0.15, 0.2) is 60.7 Å². The van der Waals surface area contributed by atoms with Crippen molar-refractivity contribution >= 4 is 46.8 Å². The molecule has 3 unspecified atom stereocenters. The van der Waals surface area contributed by atoms with E-state index in [9.17, 15) is 33.6 Å². The van der Waals surface area contributed by atoms with Gasteiger partial charge >= 0.3 is 6.03 Å². The number of likely N-dealkylation sites (N-methyl/N-ethyl adjacent to an activating group) is 1. The highest BCUT2D eigenvalue weighted by Gasteiger charge is 2.69. The van der Waals surface area contributed by atoms with Crippen LogP contribution in [0, 0.1) is 28.6 Å². The Labute approximate surface area is 312 Å². The Morgan fingerprint density at radius 3 is 2.06 bits per heavy atom. The fourth-order valence-corrected chi connectivity index (χ4v) is 7.56. The molecule has 6 atom stereocenters. The van der Waals surface area contributed by atoms with E-state index >= 15 is 0 Å². The number of para-hydroxylation sites is 1. The molecule has 1 aliphatic carbocycles. The Balaban J connectivity index is 1.44. The van der Waals surface area contributed by atoms with Crippen molar-refractivity contribution in [3.63, 3.8) is 0 Å². The molecule has 2 aromatic rings. The van der Waals surface area contributed by atoms with Gasteiger partial charge in [-0.3, -0.25) is 28.8 Å². The fourth-order valence-electron chi connectivity index (χ4n) is 7.56. The molecule has 1 heterocycles. The number of fused-ring (bicyclic) bond motifs is 1. The van der Waals surface area contributed by atoms with Crippen molar-refractivity contribution in [1.82, 2.24) is 20.4 Å². The number of Topliss-reactive ketones (excluding diaryl/α,β-unsaturated/α-hetero) is 3. The number of carbonyl (C=O) groups is 7. The standard InChI is InChI=1S/C41H55N5O7/c1-9-16-26(35(50)29(47)21-22-31(49)43-33(37(51)45(7)8)25-17-12-10-13-18-25)23-30(48)34-32-28(41(32,5)6)24-46(34)38(52)36(40(2,3)4)44-39(53)42-27-19-14-11-15-20-27/h10-15,17-20,26,28,32-34,36H,9,16,21-24H2,1-8H3,(H,43,49)(H2,42,44,53)/t26?,28?,32?,33-,34+,36+/m0/s1. The molecule has 2 aromatic carbocycles. The van der Waals surface area contributed by atoms with Gasteiger partial charge in [0.15, 0.2) is 11.6 Å². The number of benzene rings is 2. The molecule has 0 spiro atoms. The number of amides is 5. The first-order valence-corrected chi connectivity index (χ1v) is 18.5. The summed E-state index contributed by atoms with van der Waals surface area (Å²) in [5.41, 5.74) is 0.274. The summed E-state index contributed by atoms with van der Waals surface area (Å²) >= 11 is 0. The summed E-state index contributed by atoms with van der Waals surface area (Å²) < 4.78 is 0. The summed E-state index contributed by atoms with van der Waals surface area (Å²) in [5.74, 6) is -3.96. The lowest BCUT2D eigenvalue weighted by atomic mass is 9.84. The molecule has 0 aromatic heterocycles. The van der Waals surface area contributed by atoms with E-state index in [1.807, 2.05) is 33.8 Å². The third-order valence-electron chi connectivity index (χ3n) is 10.7. The molecular weight excluding hydrogens is 674 g/mol. The predicted molar refractivity (Wildman–Crippen MR) is 201 cm³/mol. The first kappa shape index (κ1) is 40.9. The van der Waals surface area contributed by atoms with E-state index in [0.717, 1.165) is 0 Å². The van der Waals surface area contributed by atoms with Crippen LogP contribution in [-0.2, 0) is 28.8 Å². The van der Waals surface area contributed by atoms with Crippen molar-refractivity contribution in [1.29, 1.82) is 0 Å².